The molecule has 14 heavy (non-hydrogen) atoms. The first-order valence-electron chi connectivity index (χ1n) is 3.91. The van der Waals surface area contributed by atoms with E-state index in [1.165, 1.54) is 12.1 Å². The van der Waals surface area contributed by atoms with Crippen molar-refractivity contribution in [1.29, 1.82) is 0 Å². The van der Waals surface area contributed by atoms with E-state index >= 15 is 0 Å². The topological polar surface area (TPSA) is 34.1 Å². The molecule has 0 radical (unpaired) electrons. The Morgan fingerprint density at radius 1 is 1.36 bits per heavy atom. The highest BCUT2D eigenvalue weighted by Crippen LogP contribution is 2.34. The molecule has 5 heteroatoms. The van der Waals surface area contributed by atoms with Crippen molar-refractivity contribution in [3.05, 3.63) is 35.0 Å². The molecule has 0 saturated carbocycles. The van der Waals surface area contributed by atoms with Gasteiger partial charge < -0.3 is 0 Å². The number of hydrogen-bond acceptors (Lipinski definition) is 3. The second-order valence-electron chi connectivity index (χ2n) is 2.99. The van der Waals surface area contributed by atoms with Gasteiger partial charge in [-0.25, -0.2) is 12.8 Å². The Morgan fingerprint density at radius 3 is 2.71 bits per heavy atom. The lowest BCUT2D eigenvalue weighted by Gasteiger charge is -2.00. The second kappa shape index (κ2) is 3.10. The van der Waals surface area contributed by atoms with Crippen LogP contribution in [0.4, 0.5) is 4.39 Å². The van der Waals surface area contributed by atoms with Crippen LogP contribution in [0.25, 0.3) is 5.57 Å². The van der Waals surface area contributed by atoms with Crippen molar-refractivity contribution < 1.29 is 12.8 Å². The molecule has 0 aromatic heterocycles. The van der Waals surface area contributed by atoms with Gasteiger partial charge in [-0.15, -0.1) is 0 Å². The second-order valence-corrected chi connectivity index (χ2v) is 5.07. The fourth-order valence-electron chi connectivity index (χ4n) is 1.43. The van der Waals surface area contributed by atoms with Crippen LogP contribution in [0.3, 0.4) is 0 Å². The molecule has 1 aromatic carbocycles. The number of fused-ring (bicyclic) bond motifs is 1. The molecule has 0 aliphatic carbocycles. The third-order valence-electron chi connectivity index (χ3n) is 2.06. The predicted molar refractivity (Wildman–Crippen MR) is 55.4 cm³/mol. The number of halogens is 1. The number of thiol groups is 1. The van der Waals surface area contributed by atoms with Crippen molar-refractivity contribution in [3.63, 3.8) is 0 Å². The van der Waals surface area contributed by atoms with Crippen LogP contribution in [0.5, 0.6) is 0 Å². The van der Waals surface area contributed by atoms with Gasteiger partial charge in [0.15, 0.2) is 0 Å². The Labute approximate surface area is 86.8 Å². The summed E-state index contributed by atoms with van der Waals surface area (Å²) in [7, 11) is -3.44. The van der Waals surface area contributed by atoms with Gasteiger partial charge in [-0.3, -0.25) is 0 Å². The minimum Gasteiger partial charge on any atom is -0.219 e. The molecular formula is C9H7FO2S2. The Morgan fingerprint density at radius 2 is 2.07 bits per heavy atom. The normalized spacial score (nSPS) is 17.7. The van der Waals surface area contributed by atoms with Crippen LogP contribution >= 0.6 is 12.6 Å². The molecule has 0 atom stereocenters. The van der Waals surface area contributed by atoms with Crippen LogP contribution in [-0.4, -0.2) is 14.2 Å². The third-order valence-corrected chi connectivity index (χ3v) is 3.95. The molecule has 2 nitrogen and oxygen atoms in total. The maximum Gasteiger partial charge on any atom is 0.200 e. The Kier molecular flexibility index (Phi) is 2.16. The van der Waals surface area contributed by atoms with Crippen molar-refractivity contribution in [1.82, 2.24) is 0 Å². The molecular weight excluding hydrogens is 223 g/mol. The van der Waals surface area contributed by atoms with Crippen LogP contribution < -0.4 is 0 Å². The maximum absolute atomic E-state index is 12.8. The van der Waals surface area contributed by atoms with Crippen molar-refractivity contribution in [2.24, 2.45) is 0 Å². The summed E-state index contributed by atoms with van der Waals surface area (Å²) in [5.41, 5.74) is 1.17. The first-order chi connectivity index (χ1) is 6.54. The molecule has 0 saturated heterocycles. The van der Waals surface area contributed by atoms with Crippen LogP contribution in [0.1, 0.15) is 5.56 Å². The summed E-state index contributed by atoms with van der Waals surface area (Å²) in [6.45, 7) is 0. The molecule has 74 valence electrons. The Hall–Kier alpha value is -0.810. The van der Waals surface area contributed by atoms with Gasteiger partial charge >= 0.3 is 0 Å². The highest BCUT2D eigenvalue weighted by atomic mass is 32.2. The number of rotatable bonds is 1. The summed E-state index contributed by atoms with van der Waals surface area (Å²) in [4.78, 5) is 0.0431. The summed E-state index contributed by atoms with van der Waals surface area (Å²) in [5, 5.41) is 1.14. The van der Waals surface area contributed by atoms with Gasteiger partial charge in [0.2, 0.25) is 9.84 Å². The highest BCUT2D eigenvalue weighted by molar-refractivity contribution is 7.95. The highest BCUT2D eigenvalue weighted by Gasteiger charge is 2.26. The first kappa shape index (κ1) is 9.73. The molecule has 0 amide bonds. The van der Waals surface area contributed by atoms with E-state index in [-0.39, 0.29) is 4.90 Å². The lowest BCUT2D eigenvalue weighted by molar-refractivity contribution is 0.599. The molecule has 2 rings (SSSR count). The van der Waals surface area contributed by atoms with Gasteiger partial charge in [-0.1, -0.05) is 6.07 Å². The van der Waals surface area contributed by atoms with E-state index in [1.54, 1.807) is 0 Å². The van der Waals surface area contributed by atoms with Gasteiger partial charge in [0, 0.05) is 11.2 Å². The zero-order valence-electron chi connectivity index (χ0n) is 7.07. The first-order valence-corrected chi connectivity index (χ1v) is 6.09. The van der Waals surface area contributed by atoms with Gasteiger partial charge in [-0.05, 0) is 23.3 Å². The quantitative estimate of drug-likeness (QED) is 0.747. The van der Waals surface area contributed by atoms with Crippen LogP contribution in [0, 0.1) is 5.82 Å². The van der Waals surface area contributed by atoms with Crippen molar-refractivity contribution in [3.8, 4) is 0 Å². The van der Waals surface area contributed by atoms with Crippen LogP contribution in [-0.2, 0) is 9.84 Å². The lowest BCUT2D eigenvalue weighted by atomic mass is 10.1. The Balaban J connectivity index is 2.75. The minimum absolute atomic E-state index is 0.0431. The van der Waals surface area contributed by atoms with Crippen molar-refractivity contribution in [2.45, 2.75) is 4.90 Å². The fraction of sp³-hybridized carbons (Fsp3) is 0.111. The summed E-state index contributed by atoms with van der Waals surface area (Å²) in [6, 6.07) is 3.76. The maximum atomic E-state index is 12.8. The molecule has 0 fully saturated rings. The van der Waals surface area contributed by atoms with E-state index in [0.717, 1.165) is 11.5 Å². The van der Waals surface area contributed by atoms with Gasteiger partial charge in [0.25, 0.3) is 0 Å². The zero-order valence-corrected chi connectivity index (χ0v) is 8.78. The van der Waals surface area contributed by atoms with E-state index < -0.39 is 15.7 Å². The van der Waals surface area contributed by atoms with Crippen LogP contribution in [0.2, 0.25) is 0 Å². The Bertz CT molecular complexity index is 518. The molecule has 0 bridgehead atoms. The summed E-state index contributed by atoms with van der Waals surface area (Å²) in [5.74, 6) is -0.209. The third kappa shape index (κ3) is 1.36. The monoisotopic (exact) mass is 230 g/mol. The summed E-state index contributed by atoms with van der Waals surface area (Å²) < 4.78 is 35.8. The molecule has 0 spiro atoms. The molecule has 0 N–H and O–H groups in total. The van der Waals surface area contributed by atoms with Gasteiger partial charge in [0.05, 0.1) is 4.90 Å². The van der Waals surface area contributed by atoms with E-state index in [9.17, 15) is 12.8 Å². The average Bonchev–Trinajstić information content (AvgIpc) is 2.38. The SMILES string of the molecule is O=S1(=O)C=C(CS)c2ccc(F)cc21. The predicted octanol–water partition coefficient (Wildman–Crippen LogP) is 1.88. The average molecular weight is 230 g/mol. The molecule has 0 unspecified atom stereocenters. The smallest absolute Gasteiger partial charge is 0.200 e. The van der Waals surface area contributed by atoms with E-state index in [1.807, 2.05) is 0 Å². The van der Waals surface area contributed by atoms with Crippen molar-refractivity contribution in [2.75, 3.05) is 5.75 Å². The summed E-state index contributed by atoms with van der Waals surface area (Å²) in [6.07, 6.45) is 0. The molecule has 1 aromatic rings. The van der Waals surface area contributed by atoms with Crippen molar-refractivity contribution >= 4 is 28.0 Å². The van der Waals surface area contributed by atoms with E-state index in [2.05, 4.69) is 12.6 Å². The molecule has 1 aliphatic heterocycles. The summed E-state index contributed by atoms with van der Waals surface area (Å²) >= 11 is 4.02. The largest absolute Gasteiger partial charge is 0.219 e. The van der Waals surface area contributed by atoms with E-state index in [4.69, 9.17) is 0 Å². The minimum atomic E-state index is -3.44. The number of sulfone groups is 1. The molecule has 1 aliphatic rings. The van der Waals surface area contributed by atoms with E-state index in [0.29, 0.717) is 16.9 Å². The molecule has 1 heterocycles. The number of benzene rings is 1. The zero-order chi connectivity index (χ0) is 10.3. The van der Waals surface area contributed by atoms with Crippen LogP contribution in [0.15, 0.2) is 28.5 Å². The van der Waals surface area contributed by atoms with Gasteiger partial charge in [0.1, 0.15) is 5.82 Å². The standard InChI is InChI=1S/C9H7FO2S2/c10-7-1-2-8-6(4-13)5-14(11,12)9(8)3-7/h1-3,5,13H,4H2. The fourth-order valence-corrected chi connectivity index (χ4v) is 3.31. The lowest BCUT2D eigenvalue weighted by Crippen LogP contribution is -1.94. The number of hydrogen-bond donors (Lipinski definition) is 1. The van der Waals surface area contributed by atoms with Gasteiger partial charge in [-0.2, -0.15) is 12.6 Å².